The van der Waals surface area contributed by atoms with E-state index in [9.17, 15) is 5.11 Å². The van der Waals surface area contributed by atoms with E-state index in [1.54, 1.807) is 6.92 Å². The molecule has 1 N–H and O–H groups in total. The largest absolute Gasteiger partial charge is 0.453 e. The Morgan fingerprint density at radius 3 is 2.86 bits per heavy atom. The second-order valence-corrected chi connectivity index (χ2v) is 4.18. The van der Waals surface area contributed by atoms with E-state index in [4.69, 9.17) is 9.47 Å². The summed E-state index contributed by atoms with van der Waals surface area (Å²) in [5.74, 6) is 1.49. The number of fused-ring (bicyclic) bond motifs is 1. The van der Waals surface area contributed by atoms with Crippen molar-refractivity contribution in [2.45, 2.75) is 19.4 Å². The second-order valence-electron chi connectivity index (χ2n) is 3.32. The topological polar surface area (TPSA) is 38.7 Å². The standard InChI is InChI=1S/C10H11BrO3/c1-6(12)4-7-2-3-8(11)10-9(7)13-5-14-10/h2-3,6,12H,4-5H2,1H3. The number of ether oxygens (including phenoxy) is 2. The molecule has 1 aromatic rings. The molecular weight excluding hydrogens is 248 g/mol. The summed E-state index contributed by atoms with van der Waals surface area (Å²) in [7, 11) is 0. The molecule has 1 aliphatic heterocycles. The lowest BCUT2D eigenvalue weighted by molar-refractivity contribution is 0.169. The molecule has 0 bridgehead atoms. The molecule has 0 amide bonds. The summed E-state index contributed by atoms with van der Waals surface area (Å²) in [6.45, 7) is 2.01. The highest BCUT2D eigenvalue weighted by Gasteiger charge is 2.21. The number of rotatable bonds is 2. The lowest BCUT2D eigenvalue weighted by Crippen LogP contribution is -2.05. The second kappa shape index (κ2) is 3.79. The van der Waals surface area contributed by atoms with Crippen LogP contribution in [-0.4, -0.2) is 18.0 Å². The van der Waals surface area contributed by atoms with Gasteiger partial charge in [0.15, 0.2) is 11.5 Å². The van der Waals surface area contributed by atoms with Crippen LogP contribution >= 0.6 is 15.9 Å². The maximum atomic E-state index is 9.30. The number of hydrogen-bond acceptors (Lipinski definition) is 3. The lowest BCUT2D eigenvalue weighted by atomic mass is 10.1. The fraction of sp³-hybridized carbons (Fsp3) is 0.400. The third kappa shape index (κ3) is 1.72. The molecule has 76 valence electrons. The molecular formula is C10H11BrO3. The van der Waals surface area contributed by atoms with E-state index in [0.29, 0.717) is 6.42 Å². The van der Waals surface area contributed by atoms with Crippen LogP contribution in [0.2, 0.25) is 0 Å². The van der Waals surface area contributed by atoms with E-state index in [-0.39, 0.29) is 12.9 Å². The van der Waals surface area contributed by atoms with Gasteiger partial charge in [-0.2, -0.15) is 0 Å². The first kappa shape index (κ1) is 9.80. The molecule has 0 saturated heterocycles. The van der Waals surface area contributed by atoms with Gasteiger partial charge in [-0.3, -0.25) is 0 Å². The zero-order chi connectivity index (χ0) is 10.1. The minimum Gasteiger partial charge on any atom is -0.453 e. The first-order chi connectivity index (χ1) is 6.68. The average Bonchev–Trinajstić information content (AvgIpc) is 2.58. The maximum Gasteiger partial charge on any atom is 0.231 e. The zero-order valence-corrected chi connectivity index (χ0v) is 9.37. The minimum atomic E-state index is -0.371. The molecule has 1 atom stereocenters. The first-order valence-electron chi connectivity index (χ1n) is 4.43. The Morgan fingerprint density at radius 1 is 1.43 bits per heavy atom. The highest BCUT2D eigenvalue weighted by atomic mass is 79.9. The van der Waals surface area contributed by atoms with E-state index < -0.39 is 0 Å². The van der Waals surface area contributed by atoms with Crippen molar-refractivity contribution in [3.8, 4) is 11.5 Å². The fourth-order valence-electron chi connectivity index (χ4n) is 1.50. The molecule has 1 unspecified atom stereocenters. The highest BCUT2D eigenvalue weighted by Crippen LogP contribution is 2.41. The van der Waals surface area contributed by atoms with Gasteiger partial charge in [-0.1, -0.05) is 6.07 Å². The van der Waals surface area contributed by atoms with Gasteiger partial charge in [0, 0.05) is 12.0 Å². The van der Waals surface area contributed by atoms with Crippen LogP contribution in [0.15, 0.2) is 16.6 Å². The van der Waals surface area contributed by atoms with Crippen molar-refractivity contribution in [3.05, 3.63) is 22.2 Å². The Hall–Kier alpha value is -0.740. The van der Waals surface area contributed by atoms with Gasteiger partial charge in [-0.15, -0.1) is 0 Å². The zero-order valence-electron chi connectivity index (χ0n) is 7.79. The van der Waals surface area contributed by atoms with Crippen molar-refractivity contribution in [1.82, 2.24) is 0 Å². The van der Waals surface area contributed by atoms with Crippen LogP contribution in [-0.2, 0) is 6.42 Å². The molecule has 14 heavy (non-hydrogen) atoms. The predicted molar refractivity (Wildman–Crippen MR) is 55.6 cm³/mol. The molecule has 0 spiro atoms. The van der Waals surface area contributed by atoms with Gasteiger partial charge in [-0.05, 0) is 28.9 Å². The molecule has 0 radical (unpaired) electrons. The van der Waals surface area contributed by atoms with E-state index in [0.717, 1.165) is 21.5 Å². The van der Waals surface area contributed by atoms with Crippen molar-refractivity contribution in [2.24, 2.45) is 0 Å². The summed E-state index contributed by atoms with van der Waals surface area (Å²) in [6, 6.07) is 3.84. The van der Waals surface area contributed by atoms with Gasteiger partial charge >= 0.3 is 0 Å². The van der Waals surface area contributed by atoms with Gasteiger partial charge in [0.1, 0.15) is 0 Å². The average molecular weight is 259 g/mol. The van der Waals surface area contributed by atoms with Gasteiger partial charge in [0.05, 0.1) is 10.6 Å². The van der Waals surface area contributed by atoms with E-state index in [2.05, 4.69) is 15.9 Å². The number of aliphatic hydroxyl groups excluding tert-OH is 1. The minimum absolute atomic E-state index is 0.255. The van der Waals surface area contributed by atoms with Crippen LogP contribution in [0.4, 0.5) is 0 Å². The predicted octanol–water partition coefficient (Wildman–Crippen LogP) is 2.10. The normalized spacial score (nSPS) is 15.6. The van der Waals surface area contributed by atoms with Gasteiger partial charge in [-0.25, -0.2) is 0 Å². The van der Waals surface area contributed by atoms with Crippen LogP contribution in [0, 0.1) is 0 Å². The van der Waals surface area contributed by atoms with Crippen molar-refractivity contribution in [1.29, 1.82) is 0 Å². The molecule has 1 heterocycles. The molecule has 1 aliphatic rings. The van der Waals surface area contributed by atoms with Gasteiger partial charge < -0.3 is 14.6 Å². The Kier molecular flexibility index (Phi) is 2.65. The van der Waals surface area contributed by atoms with Crippen LogP contribution in [0.25, 0.3) is 0 Å². The van der Waals surface area contributed by atoms with Gasteiger partial charge in [0.25, 0.3) is 0 Å². The Balaban J connectivity index is 2.38. The van der Waals surface area contributed by atoms with Crippen molar-refractivity contribution in [2.75, 3.05) is 6.79 Å². The SMILES string of the molecule is CC(O)Cc1ccc(Br)c2c1OCO2. The van der Waals surface area contributed by atoms with Crippen molar-refractivity contribution < 1.29 is 14.6 Å². The smallest absolute Gasteiger partial charge is 0.231 e. The molecule has 2 rings (SSSR count). The summed E-state index contributed by atoms with van der Waals surface area (Å²) in [5, 5.41) is 9.30. The number of hydrogen-bond donors (Lipinski definition) is 1. The molecule has 3 nitrogen and oxygen atoms in total. The molecule has 0 fully saturated rings. The van der Waals surface area contributed by atoms with E-state index in [1.165, 1.54) is 0 Å². The molecule has 4 heteroatoms. The number of benzene rings is 1. The summed E-state index contributed by atoms with van der Waals surface area (Å²) in [4.78, 5) is 0. The summed E-state index contributed by atoms with van der Waals surface area (Å²) < 4.78 is 11.5. The maximum absolute atomic E-state index is 9.30. The van der Waals surface area contributed by atoms with Gasteiger partial charge in [0.2, 0.25) is 6.79 Å². The Morgan fingerprint density at radius 2 is 2.14 bits per heavy atom. The van der Waals surface area contributed by atoms with Crippen molar-refractivity contribution >= 4 is 15.9 Å². The molecule has 0 aromatic heterocycles. The van der Waals surface area contributed by atoms with Crippen LogP contribution in [0.1, 0.15) is 12.5 Å². The summed E-state index contributed by atoms with van der Waals surface area (Å²) in [5.41, 5.74) is 0.982. The molecule has 0 saturated carbocycles. The fourth-order valence-corrected chi connectivity index (χ4v) is 1.93. The Labute approximate surface area is 90.8 Å². The summed E-state index contributed by atoms with van der Waals surface area (Å²) >= 11 is 3.38. The Bertz CT molecular complexity index is 349. The number of halogens is 1. The monoisotopic (exact) mass is 258 g/mol. The van der Waals surface area contributed by atoms with Crippen LogP contribution in [0.5, 0.6) is 11.5 Å². The number of aliphatic hydroxyl groups is 1. The molecule has 1 aromatic carbocycles. The first-order valence-corrected chi connectivity index (χ1v) is 5.23. The van der Waals surface area contributed by atoms with E-state index in [1.807, 2.05) is 12.1 Å². The third-order valence-electron chi connectivity index (χ3n) is 2.07. The summed E-state index contributed by atoms with van der Waals surface area (Å²) in [6.07, 6.45) is 0.211. The lowest BCUT2D eigenvalue weighted by Gasteiger charge is -2.08. The highest BCUT2D eigenvalue weighted by molar-refractivity contribution is 9.10. The van der Waals surface area contributed by atoms with Crippen LogP contribution in [0.3, 0.4) is 0 Å². The van der Waals surface area contributed by atoms with Crippen LogP contribution < -0.4 is 9.47 Å². The third-order valence-corrected chi connectivity index (χ3v) is 2.69. The quantitative estimate of drug-likeness (QED) is 0.883. The molecule has 0 aliphatic carbocycles. The van der Waals surface area contributed by atoms with E-state index >= 15 is 0 Å². The van der Waals surface area contributed by atoms with Crippen molar-refractivity contribution in [3.63, 3.8) is 0 Å².